The lowest BCUT2D eigenvalue weighted by atomic mass is 9.86. The predicted octanol–water partition coefficient (Wildman–Crippen LogP) is -4.66. The number of nitrogens with one attached hydrogen (secondary N) is 2. The SMILES string of the molecule is CNCC1O[C@H](O[C@@H]2C(N)CC(NC(=O)CC(F)CN)CC2OC2CCC(CO)O2)CC(O)[C@@H]1N.NC[C@@H]1O[C@H](O)CC(O)[C@@H]1O. The zero-order valence-corrected chi connectivity index (χ0v) is 26.3. The summed E-state index contributed by atoms with van der Waals surface area (Å²) in [5, 5.41) is 52.9. The fourth-order valence-electron chi connectivity index (χ4n) is 6.08. The van der Waals surface area contributed by atoms with Gasteiger partial charge in [0.15, 0.2) is 18.9 Å². The number of aliphatic hydroxyl groups is 5. The summed E-state index contributed by atoms with van der Waals surface area (Å²) in [4.78, 5) is 12.2. The molecular weight excluding hydrogens is 615 g/mol. The minimum absolute atomic E-state index is 0.0394. The van der Waals surface area contributed by atoms with Gasteiger partial charge >= 0.3 is 0 Å². The summed E-state index contributed by atoms with van der Waals surface area (Å²) in [5.41, 5.74) is 23.0. The maximum absolute atomic E-state index is 13.6. The molecule has 46 heavy (non-hydrogen) atoms. The van der Waals surface area contributed by atoms with E-state index in [1.54, 1.807) is 7.05 Å². The second kappa shape index (κ2) is 19.1. The Balaban J connectivity index is 0.000000441. The van der Waals surface area contributed by atoms with Crippen LogP contribution in [0.2, 0.25) is 0 Å². The van der Waals surface area contributed by atoms with Gasteiger partial charge in [0.25, 0.3) is 0 Å². The maximum Gasteiger partial charge on any atom is 0.223 e. The molecule has 9 unspecified atom stereocenters. The number of carbonyl (C=O) groups excluding carboxylic acids is 1. The highest BCUT2D eigenvalue weighted by molar-refractivity contribution is 5.76. The summed E-state index contributed by atoms with van der Waals surface area (Å²) >= 11 is 0. The van der Waals surface area contributed by atoms with Gasteiger partial charge in [0.2, 0.25) is 5.91 Å². The molecule has 270 valence electrons. The molecule has 15 N–H and O–H groups in total. The van der Waals surface area contributed by atoms with Gasteiger partial charge < -0.3 is 82.8 Å². The number of alkyl halides is 1. The third kappa shape index (κ3) is 11.5. The number of hydrogen-bond acceptors (Lipinski definition) is 16. The molecule has 0 aromatic heterocycles. The van der Waals surface area contributed by atoms with Crippen molar-refractivity contribution in [3.63, 3.8) is 0 Å². The Hall–Kier alpha value is -1.20. The van der Waals surface area contributed by atoms with Gasteiger partial charge in [-0.1, -0.05) is 0 Å². The van der Waals surface area contributed by atoms with Crippen molar-refractivity contribution in [2.75, 3.05) is 33.3 Å². The Bertz CT molecular complexity index is 905. The standard InChI is InChI=1S/C22H42FN5O7.C6H13NO4/c1-27-9-17-21(26)15(30)7-20(34-17)35-22-14(25)5-12(28-18(31)4-11(23)8-24)6-16(22)33-19-3-2-13(10-29)32-19;7-2-4-6(10)3(8)1-5(9)11-4/h11-17,19-22,27,29-30H,2-10,24-26H2,1H3,(H,28,31);3-6,8-10H,1-2,7H2/t11?,12?,13?,14?,15?,16?,17?,19?,20-,21+,22-;3?,4-,5-,6-/m10/s1. The number of amides is 1. The summed E-state index contributed by atoms with van der Waals surface area (Å²) in [6.45, 7) is 0.208. The van der Waals surface area contributed by atoms with Crippen molar-refractivity contribution in [1.82, 2.24) is 10.6 Å². The van der Waals surface area contributed by atoms with E-state index in [9.17, 15) is 24.5 Å². The Morgan fingerprint density at radius 3 is 2.33 bits per heavy atom. The van der Waals surface area contributed by atoms with Crippen LogP contribution in [0, 0.1) is 0 Å². The van der Waals surface area contributed by atoms with Crippen LogP contribution in [-0.2, 0) is 28.5 Å². The number of hydrogen-bond donors (Lipinski definition) is 11. The molecule has 17 nitrogen and oxygen atoms in total. The van der Waals surface area contributed by atoms with Crippen molar-refractivity contribution in [1.29, 1.82) is 0 Å². The second-order valence-corrected chi connectivity index (χ2v) is 12.4. The van der Waals surface area contributed by atoms with E-state index >= 15 is 0 Å². The number of nitrogens with two attached hydrogens (primary N) is 4. The van der Waals surface area contributed by atoms with Crippen molar-refractivity contribution in [3.8, 4) is 0 Å². The molecule has 4 rings (SSSR count). The number of rotatable bonds is 12. The van der Waals surface area contributed by atoms with E-state index < -0.39 is 85.8 Å². The first-order chi connectivity index (χ1) is 21.9. The molecule has 0 aromatic carbocycles. The number of carbonyl (C=O) groups is 1. The van der Waals surface area contributed by atoms with Gasteiger partial charge in [0, 0.05) is 51.0 Å². The molecule has 3 aliphatic heterocycles. The van der Waals surface area contributed by atoms with E-state index in [4.69, 9.17) is 56.8 Å². The van der Waals surface area contributed by atoms with Crippen LogP contribution in [-0.4, -0.2) is 157 Å². The maximum atomic E-state index is 13.6. The van der Waals surface area contributed by atoms with E-state index in [1.807, 2.05) is 0 Å². The Labute approximate surface area is 268 Å². The minimum atomic E-state index is -1.41. The highest BCUT2D eigenvalue weighted by atomic mass is 19.1. The Kier molecular flexibility index (Phi) is 16.3. The smallest absolute Gasteiger partial charge is 0.223 e. The first-order valence-electron chi connectivity index (χ1n) is 16.0. The second-order valence-electron chi connectivity index (χ2n) is 12.4. The first kappa shape index (κ1) is 39.2. The van der Waals surface area contributed by atoms with Crippen molar-refractivity contribution in [2.24, 2.45) is 22.9 Å². The van der Waals surface area contributed by atoms with E-state index in [1.165, 1.54) is 0 Å². The van der Waals surface area contributed by atoms with Crippen molar-refractivity contribution >= 4 is 5.91 Å². The zero-order chi connectivity index (χ0) is 34.0. The molecule has 0 spiro atoms. The van der Waals surface area contributed by atoms with Gasteiger partial charge in [0.05, 0.1) is 49.6 Å². The van der Waals surface area contributed by atoms with Gasteiger partial charge in [-0.15, -0.1) is 0 Å². The normalized spacial score (nSPS) is 42.2. The van der Waals surface area contributed by atoms with Crippen LogP contribution < -0.4 is 33.6 Å². The summed E-state index contributed by atoms with van der Waals surface area (Å²) in [5.74, 6) is -0.446. The molecule has 4 aliphatic rings. The summed E-state index contributed by atoms with van der Waals surface area (Å²) in [6, 6.07) is -1.45. The molecule has 3 heterocycles. The molecule has 18 heteroatoms. The van der Waals surface area contributed by atoms with Crippen LogP contribution in [0.4, 0.5) is 4.39 Å². The molecule has 3 saturated heterocycles. The molecule has 4 fully saturated rings. The van der Waals surface area contributed by atoms with E-state index in [-0.39, 0.29) is 51.1 Å². The molecule has 1 aliphatic carbocycles. The third-order valence-electron chi connectivity index (χ3n) is 8.62. The van der Waals surface area contributed by atoms with Crippen molar-refractivity contribution in [3.05, 3.63) is 0 Å². The molecule has 0 radical (unpaired) electrons. The van der Waals surface area contributed by atoms with E-state index in [2.05, 4.69) is 10.6 Å². The van der Waals surface area contributed by atoms with E-state index in [0.29, 0.717) is 32.2 Å². The average Bonchev–Trinajstić information content (AvgIpc) is 3.47. The van der Waals surface area contributed by atoms with Crippen molar-refractivity contribution < 1.29 is 58.4 Å². The Morgan fingerprint density at radius 2 is 1.70 bits per heavy atom. The predicted molar refractivity (Wildman–Crippen MR) is 160 cm³/mol. The van der Waals surface area contributed by atoms with Crippen LogP contribution in [0.5, 0.6) is 0 Å². The number of aliphatic hydroxyl groups excluding tert-OH is 5. The van der Waals surface area contributed by atoms with Gasteiger partial charge in [-0.3, -0.25) is 4.79 Å². The first-order valence-corrected chi connectivity index (χ1v) is 16.0. The molecule has 0 aromatic rings. The fourth-order valence-corrected chi connectivity index (χ4v) is 6.08. The van der Waals surface area contributed by atoms with Crippen LogP contribution in [0.25, 0.3) is 0 Å². The quantitative estimate of drug-likeness (QED) is 0.0930. The van der Waals surface area contributed by atoms with Crippen LogP contribution in [0.3, 0.4) is 0 Å². The van der Waals surface area contributed by atoms with Gasteiger partial charge in [0.1, 0.15) is 24.5 Å². The van der Waals surface area contributed by atoms with Gasteiger partial charge in [-0.25, -0.2) is 4.39 Å². The van der Waals surface area contributed by atoms with E-state index in [0.717, 1.165) is 0 Å². The third-order valence-corrected chi connectivity index (χ3v) is 8.62. The van der Waals surface area contributed by atoms with Crippen molar-refractivity contribution in [2.45, 2.75) is 137 Å². The lowest BCUT2D eigenvalue weighted by molar-refractivity contribution is -0.274. The molecular formula is C28H55FN6O11. The number of likely N-dealkylation sites (N-methyl/N-ethyl adjacent to an activating group) is 1. The monoisotopic (exact) mass is 670 g/mol. The van der Waals surface area contributed by atoms with Gasteiger partial charge in [-0.2, -0.15) is 0 Å². The highest BCUT2D eigenvalue weighted by Gasteiger charge is 2.44. The zero-order valence-electron chi connectivity index (χ0n) is 26.3. The Morgan fingerprint density at radius 1 is 0.957 bits per heavy atom. The number of halogens is 1. The summed E-state index contributed by atoms with van der Waals surface area (Å²) < 4.78 is 42.6. The lowest BCUT2D eigenvalue weighted by Gasteiger charge is -2.44. The molecule has 0 bridgehead atoms. The summed E-state index contributed by atoms with van der Waals surface area (Å²) in [7, 11) is 1.77. The number of ether oxygens (including phenoxy) is 5. The average molecular weight is 671 g/mol. The molecule has 1 amide bonds. The van der Waals surface area contributed by atoms with Crippen LogP contribution in [0.1, 0.15) is 44.9 Å². The lowest BCUT2D eigenvalue weighted by Crippen LogP contribution is -2.61. The topological polar surface area (TPSA) is 293 Å². The molecule has 15 atom stereocenters. The van der Waals surface area contributed by atoms with Gasteiger partial charge in [-0.05, 0) is 26.3 Å². The summed E-state index contributed by atoms with van der Waals surface area (Å²) in [6.07, 6.45) is -7.14. The minimum Gasteiger partial charge on any atom is -0.394 e. The largest absolute Gasteiger partial charge is 0.394 e. The molecule has 1 saturated carbocycles. The highest BCUT2D eigenvalue weighted by Crippen LogP contribution is 2.32. The van der Waals surface area contributed by atoms with Crippen LogP contribution in [0.15, 0.2) is 0 Å². The fraction of sp³-hybridized carbons (Fsp3) is 0.964. The van der Waals surface area contributed by atoms with Crippen LogP contribution >= 0.6 is 0 Å².